The molecule has 0 saturated heterocycles. The molecule has 2 rings (SSSR count). The fraction of sp³-hybridized carbons (Fsp3) is 0.385. The lowest BCUT2D eigenvalue weighted by atomic mass is 10.2. The van der Waals surface area contributed by atoms with Crippen molar-refractivity contribution < 1.29 is 12.9 Å². The van der Waals surface area contributed by atoms with Crippen LogP contribution in [0.5, 0.6) is 0 Å². The number of likely N-dealkylation sites (N-methyl/N-ethyl adjacent to an activating group) is 1. The summed E-state index contributed by atoms with van der Waals surface area (Å²) >= 11 is 0. The molecule has 1 aromatic heterocycles. The number of nitrogens with zero attached hydrogens (tertiary/aromatic N) is 2. The minimum atomic E-state index is -3.19. The van der Waals surface area contributed by atoms with Crippen LogP contribution >= 0.6 is 12.4 Å². The van der Waals surface area contributed by atoms with Gasteiger partial charge in [0.1, 0.15) is 0 Å². The third kappa shape index (κ3) is 4.52. The van der Waals surface area contributed by atoms with Gasteiger partial charge in [-0.3, -0.25) is 0 Å². The van der Waals surface area contributed by atoms with Gasteiger partial charge in [0.25, 0.3) is 5.89 Å². The molecule has 0 bridgehead atoms. The van der Waals surface area contributed by atoms with Crippen LogP contribution < -0.4 is 5.32 Å². The van der Waals surface area contributed by atoms with Gasteiger partial charge in [0.05, 0.1) is 4.90 Å². The number of halogens is 1. The van der Waals surface area contributed by atoms with Crippen LogP contribution in [0.3, 0.4) is 0 Å². The standard InChI is InChI=1S/C13H17N3O3S.ClH/c1-9(14-2)8-12-15-13(19-16-12)10-4-6-11(7-5-10)20(3,17)18;/h4-7,9,14H,8H2,1-3H3;1H. The molecule has 0 fully saturated rings. The Morgan fingerprint density at radius 1 is 1.29 bits per heavy atom. The van der Waals surface area contributed by atoms with Gasteiger partial charge in [-0.15, -0.1) is 12.4 Å². The number of hydrogen-bond donors (Lipinski definition) is 1. The van der Waals surface area contributed by atoms with E-state index < -0.39 is 9.84 Å². The molecule has 1 atom stereocenters. The first-order valence-electron chi connectivity index (χ1n) is 6.20. The summed E-state index contributed by atoms with van der Waals surface area (Å²) in [5.74, 6) is 1.01. The fourth-order valence-electron chi connectivity index (χ4n) is 1.67. The number of rotatable bonds is 5. The third-order valence-corrected chi connectivity index (χ3v) is 4.11. The van der Waals surface area contributed by atoms with Gasteiger partial charge in [0.2, 0.25) is 0 Å². The average molecular weight is 332 g/mol. The van der Waals surface area contributed by atoms with Crippen LogP contribution in [-0.2, 0) is 16.3 Å². The van der Waals surface area contributed by atoms with E-state index in [1.54, 1.807) is 12.1 Å². The van der Waals surface area contributed by atoms with Gasteiger partial charge in [0.15, 0.2) is 15.7 Å². The monoisotopic (exact) mass is 331 g/mol. The van der Waals surface area contributed by atoms with E-state index in [9.17, 15) is 8.42 Å². The maximum atomic E-state index is 11.4. The Bertz CT molecular complexity index is 683. The summed E-state index contributed by atoms with van der Waals surface area (Å²) in [7, 11) is -1.32. The predicted octanol–water partition coefficient (Wildman–Crippen LogP) is 1.71. The molecule has 21 heavy (non-hydrogen) atoms. The lowest BCUT2D eigenvalue weighted by Gasteiger charge is -2.04. The molecule has 8 heteroatoms. The third-order valence-electron chi connectivity index (χ3n) is 2.98. The zero-order valence-corrected chi connectivity index (χ0v) is 13.7. The normalized spacial score (nSPS) is 12.7. The molecule has 0 spiro atoms. The Labute approximate surface area is 130 Å². The molecule has 0 amide bonds. The van der Waals surface area contributed by atoms with Gasteiger partial charge in [-0.25, -0.2) is 8.42 Å². The van der Waals surface area contributed by atoms with Gasteiger partial charge in [-0.1, -0.05) is 5.16 Å². The maximum Gasteiger partial charge on any atom is 0.257 e. The van der Waals surface area contributed by atoms with E-state index in [1.165, 1.54) is 18.4 Å². The zero-order valence-electron chi connectivity index (χ0n) is 12.0. The van der Waals surface area contributed by atoms with Crippen LogP contribution in [0.4, 0.5) is 0 Å². The Hall–Kier alpha value is -1.44. The van der Waals surface area contributed by atoms with Crippen LogP contribution in [0, 0.1) is 0 Å². The van der Waals surface area contributed by atoms with Crippen molar-refractivity contribution in [1.29, 1.82) is 0 Å². The molecule has 1 N–H and O–H groups in total. The zero-order chi connectivity index (χ0) is 14.8. The molecule has 6 nitrogen and oxygen atoms in total. The molecular formula is C13H18ClN3O3S. The van der Waals surface area contributed by atoms with Crippen LogP contribution in [0.15, 0.2) is 33.7 Å². The second-order valence-corrected chi connectivity index (χ2v) is 6.72. The summed E-state index contributed by atoms with van der Waals surface area (Å²) in [6, 6.07) is 6.65. The first-order chi connectivity index (χ1) is 9.40. The highest BCUT2D eigenvalue weighted by Crippen LogP contribution is 2.20. The van der Waals surface area contributed by atoms with Gasteiger partial charge < -0.3 is 9.84 Å². The number of aromatic nitrogens is 2. The van der Waals surface area contributed by atoms with Crippen molar-refractivity contribution in [3.05, 3.63) is 30.1 Å². The van der Waals surface area contributed by atoms with Crippen molar-refractivity contribution in [2.45, 2.75) is 24.3 Å². The second kappa shape index (κ2) is 7.02. The minimum absolute atomic E-state index is 0. The van der Waals surface area contributed by atoms with Crippen LogP contribution in [0.2, 0.25) is 0 Å². The van der Waals surface area contributed by atoms with E-state index in [-0.39, 0.29) is 23.3 Å². The van der Waals surface area contributed by atoms with Crippen molar-refractivity contribution >= 4 is 22.2 Å². The minimum Gasteiger partial charge on any atom is -0.334 e. The molecule has 0 saturated carbocycles. The van der Waals surface area contributed by atoms with E-state index >= 15 is 0 Å². The van der Waals surface area contributed by atoms with E-state index in [4.69, 9.17) is 4.52 Å². The summed E-state index contributed by atoms with van der Waals surface area (Å²) < 4.78 is 27.9. The number of sulfone groups is 1. The summed E-state index contributed by atoms with van der Waals surface area (Å²) in [6.07, 6.45) is 1.84. The smallest absolute Gasteiger partial charge is 0.257 e. The summed E-state index contributed by atoms with van der Waals surface area (Å²) in [5, 5.41) is 7.01. The van der Waals surface area contributed by atoms with Gasteiger partial charge in [-0.05, 0) is 38.2 Å². The van der Waals surface area contributed by atoms with E-state index in [1.807, 2.05) is 14.0 Å². The highest BCUT2D eigenvalue weighted by Gasteiger charge is 2.12. The van der Waals surface area contributed by atoms with Gasteiger partial charge in [-0.2, -0.15) is 4.98 Å². The molecular weight excluding hydrogens is 314 g/mol. The molecule has 0 radical (unpaired) electrons. The Morgan fingerprint density at radius 3 is 2.43 bits per heavy atom. The highest BCUT2D eigenvalue weighted by molar-refractivity contribution is 7.90. The number of hydrogen-bond acceptors (Lipinski definition) is 6. The topological polar surface area (TPSA) is 85.1 Å². The Balaban J connectivity index is 0.00000220. The molecule has 1 aromatic carbocycles. The molecule has 116 valence electrons. The Morgan fingerprint density at radius 2 is 1.90 bits per heavy atom. The van der Waals surface area contributed by atoms with Crippen molar-refractivity contribution in [3.8, 4) is 11.5 Å². The largest absolute Gasteiger partial charge is 0.334 e. The molecule has 1 heterocycles. The number of nitrogens with one attached hydrogen (secondary N) is 1. The maximum absolute atomic E-state index is 11.4. The molecule has 0 aliphatic rings. The van der Waals surface area contributed by atoms with Crippen molar-refractivity contribution in [2.75, 3.05) is 13.3 Å². The molecule has 1 unspecified atom stereocenters. The first-order valence-corrected chi connectivity index (χ1v) is 8.09. The average Bonchev–Trinajstić information content (AvgIpc) is 2.86. The van der Waals surface area contributed by atoms with Crippen molar-refractivity contribution in [2.24, 2.45) is 0 Å². The summed E-state index contributed by atoms with van der Waals surface area (Å²) in [6.45, 7) is 2.02. The van der Waals surface area contributed by atoms with E-state index in [0.717, 1.165) is 0 Å². The molecule has 0 aliphatic heterocycles. The summed E-state index contributed by atoms with van der Waals surface area (Å²) in [4.78, 5) is 4.56. The van der Waals surface area contributed by atoms with Crippen LogP contribution in [0.25, 0.3) is 11.5 Å². The Kier molecular flexibility index (Phi) is 5.88. The van der Waals surface area contributed by atoms with E-state index in [0.29, 0.717) is 23.7 Å². The molecule has 0 aliphatic carbocycles. The lowest BCUT2D eigenvalue weighted by molar-refractivity contribution is 0.418. The molecule has 2 aromatic rings. The second-order valence-electron chi connectivity index (χ2n) is 4.71. The lowest BCUT2D eigenvalue weighted by Crippen LogP contribution is -2.24. The fourth-order valence-corrected chi connectivity index (χ4v) is 2.31. The van der Waals surface area contributed by atoms with Crippen molar-refractivity contribution in [1.82, 2.24) is 15.5 Å². The van der Waals surface area contributed by atoms with Gasteiger partial charge in [0, 0.05) is 24.3 Å². The van der Waals surface area contributed by atoms with Crippen molar-refractivity contribution in [3.63, 3.8) is 0 Å². The van der Waals surface area contributed by atoms with Crippen LogP contribution in [-0.4, -0.2) is 37.9 Å². The first kappa shape index (κ1) is 17.6. The highest BCUT2D eigenvalue weighted by atomic mass is 35.5. The van der Waals surface area contributed by atoms with Gasteiger partial charge >= 0.3 is 0 Å². The SMILES string of the molecule is CNC(C)Cc1noc(-c2ccc(S(C)(=O)=O)cc2)n1.Cl. The predicted molar refractivity (Wildman–Crippen MR) is 82.3 cm³/mol. The number of benzene rings is 1. The quantitative estimate of drug-likeness (QED) is 0.897. The summed E-state index contributed by atoms with van der Waals surface area (Å²) in [5.41, 5.74) is 0.702. The van der Waals surface area contributed by atoms with E-state index in [2.05, 4.69) is 15.5 Å². The van der Waals surface area contributed by atoms with Crippen LogP contribution in [0.1, 0.15) is 12.7 Å².